The van der Waals surface area contributed by atoms with E-state index < -0.39 is 24.6 Å². The Bertz CT molecular complexity index is 805. The first kappa shape index (κ1) is 20.1. The van der Waals surface area contributed by atoms with E-state index in [1.54, 1.807) is 31.2 Å². The van der Waals surface area contributed by atoms with Crippen molar-refractivity contribution >= 4 is 17.6 Å². The fourth-order valence-corrected chi connectivity index (χ4v) is 2.28. The van der Waals surface area contributed by atoms with E-state index in [0.717, 1.165) is 5.56 Å². The number of nitrogens with one attached hydrogen (secondary N) is 1. The van der Waals surface area contributed by atoms with Crippen LogP contribution in [0.5, 0.6) is 17.2 Å². The van der Waals surface area contributed by atoms with Crippen molar-refractivity contribution in [3.63, 3.8) is 0 Å². The van der Waals surface area contributed by atoms with Gasteiger partial charge in [-0.1, -0.05) is 12.1 Å². The maximum Gasteiger partial charge on any atom is 0.347 e. The van der Waals surface area contributed by atoms with Gasteiger partial charge in [-0.15, -0.1) is 0 Å². The van der Waals surface area contributed by atoms with Gasteiger partial charge in [0.25, 0.3) is 5.91 Å². The lowest BCUT2D eigenvalue weighted by molar-refractivity contribution is -0.153. The summed E-state index contributed by atoms with van der Waals surface area (Å²) in [4.78, 5) is 24.1. The Morgan fingerprint density at radius 3 is 2.48 bits per heavy atom. The fourth-order valence-electron chi connectivity index (χ4n) is 2.28. The fraction of sp³-hybridized carbons (Fsp3) is 0.300. The van der Waals surface area contributed by atoms with Crippen LogP contribution in [0.1, 0.15) is 12.5 Å². The molecule has 0 saturated heterocycles. The number of hydrogen-bond donors (Lipinski definition) is 1. The molecule has 0 aliphatic rings. The standard InChI is InChI=1S/C20H23NO6/c1-13-6-5-7-16(10-13)27-14(2)20(23)26-12-19(22)21-17-9-8-15(24-3)11-18(17)25-4/h5-11,14H,12H2,1-4H3,(H,21,22)/t14-/m1/s1. The first-order valence-electron chi connectivity index (χ1n) is 8.34. The van der Waals surface area contributed by atoms with Crippen molar-refractivity contribution in [3.8, 4) is 17.2 Å². The number of ether oxygens (including phenoxy) is 4. The molecule has 0 aliphatic heterocycles. The lowest BCUT2D eigenvalue weighted by Crippen LogP contribution is -2.29. The molecule has 0 aliphatic carbocycles. The summed E-state index contributed by atoms with van der Waals surface area (Å²) in [7, 11) is 3.02. The van der Waals surface area contributed by atoms with Crippen molar-refractivity contribution in [2.24, 2.45) is 0 Å². The number of esters is 1. The van der Waals surface area contributed by atoms with Gasteiger partial charge in [0, 0.05) is 6.07 Å². The average Bonchev–Trinajstić information content (AvgIpc) is 2.66. The van der Waals surface area contributed by atoms with Crippen LogP contribution in [0.15, 0.2) is 42.5 Å². The minimum absolute atomic E-state index is 0.435. The zero-order chi connectivity index (χ0) is 19.8. The molecule has 144 valence electrons. The van der Waals surface area contributed by atoms with Crippen LogP contribution in [0.2, 0.25) is 0 Å². The SMILES string of the molecule is COc1ccc(NC(=O)COC(=O)[C@@H](C)Oc2cccc(C)c2)c(OC)c1. The summed E-state index contributed by atoms with van der Waals surface area (Å²) in [5.41, 5.74) is 1.46. The van der Waals surface area contributed by atoms with Crippen LogP contribution in [0, 0.1) is 6.92 Å². The number of amides is 1. The summed E-state index contributed by atoms with van der Waals surface area (Å²) in [6.45, 7) is 3.05. The van der Waals surface area contributed by atoms with Crippen molar-refractivity contribution in [3.05, 3.63) is 48.0 Å². The Morgan fingerprint density at radius 1 is 1.04 bits per heavy atom. The van der Waals surface area contributed by atoms with Crippen LogP contribution in [0.4, 0.5) is 5.69 Å². The molecule has 27 heavy (non-hydrogen) atoms. The molecule has 0 aromatic heterocycles. The third kappa shape index (κ3) is 5.91. The van der Waals surface area contributed by atoms with Crippen molar-refractivity contribution in [1.29, 1.82) is 0 Å². The molecule has 0 radical (unpaired) electrons. The van der Waals surface area contributed by atoms with Gasteiger partial charge in [0.2, 0.25) is 0 Å². The van der Waals surface area contributed by atoms with E-state index in [1.165, 1.54) is 14.2 Å². The number of aryl methyl sites for hydroxylation is 1. The van der Waals surface area contributed by atoms with Gasteiger partial charge in [0.05, 0.1) is 19.9 Å². The van der Waals surface area contributed by atoms with Gasteiger partial charge in [-0.2, -0.15) is 0 Å². The number of anilines is 1. The summed E-state index contributed by atoms with van der Waals surface area (Å²) < 4.78 is 20.9. The highest BCUT2D eigenvalue weighted by Crippen LogP contribution is 2.28. The lowest BCUT2D eigenvalue weighted by atomic mass is 10.2. The van der Waals surface area contributed by atoms with Crippen LogP contribution >= 0.6 is 0 Å². The maximum atomic E-state index is 12.0. The second-order valence-electron chi connectivity index (χ2n) is 5.80. The predicted octanol–water partition coefficient (Wildman–Crippen LogP) is 2.96. The summed E-state index contributed by atoms with van der Waals surface area (Å²) in [5, 5.41) is 2.63. The molecule has 2 aromatic carbocycles. The van der Waals surface area contributed by atoms with Crippen LogP contribution in [0.3, 0.4) is 0 Å². The van der Waals surface area contributed by atoms with E-state index >= 15 is 0 Å². The van der Waals surface area contributed by atoms with Gasteiger partial charge in [-0.05, 0) is 43.7 Å². The molecule has 2 rings (SSSR count). The van der Waals surface area contributed by atoms with E-state index in [1.807, 2.05) is 25.1 Å². The molecule has 1 amide bonds. The molecule has 0 unspecified atom stereocenters. The molecule has 7 heteroatoms. The van der Waals surface area contributed by atoms with E-state index in [0.29, 0.717) is 22.9 Å². The molecule has 0 bridgehead atoms. The van der Waals surface area contributed by atoms with E-state index in [9.17, 15) is 9.59 Å². The summed E-state index contributed by atoms with van der Waals surface area (Å²) in [6.07, 6.45) is -0.838. The summed E-state index contributed by atoms with van der Waals surface area (Å²) >= 11 is 0. The number of methoxy groups -OCH3 is 2. The lowest BCUT2D eigenvalue weighted by Gasteiger charge is -2.15. The molecule has 2 aromatic rings. The van der Waals surface area contributed by atoms with Gasteiger partial charge >= 0.3 is 5.97 Å². The predicted molar refractivity (Wildman–Crippen MR) is 100 cm³/mol. The van der Waals surface area contributed by atoms with Gasteiger partial charge in [0.1, 0.15) is 17.2 Å². The van der Waals surface area contributed by atoms with Crippen LogP contribution in [0.25, 0.3) is 0 Å². The van der Waals surface area contributed by atoms with Crippen LogP contribution in [-0.2, 0) is 14.3 Å². The molecule has 0 saturated carbocycles. The number of carbonyl (C=O) groups excluding carboxylic acids is 2. The van der Waals surface area contributed by atoms with Crippen LogP contribution < -0.4 is 19.5 Å². The van der Waals surface area contributed by atoms with Gasteiger partial charge < -0.3 is 24.3 Å². The van der Waals surface area contributed by atoms with Crippen molar-refractivity contribution in [2.45, 2.75) is 20.0 Å². The van der Waals surface area contributed by atoms with Crippen molar-refractivity contribution in [2.75, 3.05) is 26.1 Å². The normalized spacial score (nSPS) is 11.3. The molecule has 1 N–H and O–H groups in total. The number of hydrogen-bond acceptors (Lipinski definition) is 6. The molecular weight excluding hydrogens is 350 g/mol. The molecule has 0 fully saturated rings. The highest BCUT2D eigenvalue weighted by Gasteiger charge is 2.18. The van der Waals surface area contributed by atoms with E-state index in [2.05, 4.69) is 5.32 Å². The Kier molecular flexibility index (Phi) is 7.05. The average molecular weight is 373 g/mol. The van der Waals surface area contributed by atoms with Gasteiger partial charge in [0.15, 0.2) is 12.7 Å². The van der Waals surface area contributed by atoms with Gasteiger partial charge in [-0.25, -0.2) is 4.79 Å². The zero-order valence-electron chi connectivity index (χ0n) is 15.8. The molecular formula is C20H23NO6. The number of rotatable bonds is 8. The second-order valence-corrected chi connectivity index (χ2v) is 5.80. The third-order valence-electron chi connectivity index (χ3n) is 3.66. The van der Waals surface area contributed by atoms with Crippen molar-refractivity contribution in [1.82, 2.24) is 0 Å². The molecule has 7 nitrogen and oxygen atoms in total. The molecule has 1 atom stereocenters. The Hall–Kier alpha value is -3.22. The quantitative estimate of drug-likeness (QED) is 0.717. The highest BCUT2D eigenvalue weighted by molar-refractivity contribution is 5.94. The first-order valence-corrected chi connectivity index (χ1v) is 8.34. The highest BCUT2D eigenvalue weighted by atomic mass is 16.6. The number of benzene rings is 2. The molecule has 0 heterocycles. The largest absolute Gasteiger partial charge is 0.497 e. The zero-order valence-corrected chi connectivity index (χ0v) is 15.8. The first-order chi connectivity index (χ1) is 12.9. The van der Waals surface area contributed by atoms with E-state index in [-0.39, 0.29) is 0 Å². The minimum Gasteiger partial charge on any atom is -0.497 e. The number of carbonyl (C=O) groups is 2. The summed E-state index contributed by atoms with van der Waals surface area (Å²) in [6, 6.07) is 12.3. The maximum absolute atomic E-state index is 12.0. The minimum atomic E-state index is -0.838. The second kappa shape index (κ2) is 9.47. The van der Waals surface area contributed by atoms with Crippen LogP contribution in [-0.4, -0.2) is 38.8 Å². The topological polar surface area (TPSA) is 83.1 Å². The Balaban J connectivity index is 1.86. The van der Waals surface area contributed by atoms with E-state index in [4.69, 9.17) is 18.9 Å². The van der Waals surface area contributed by atoms with Crippen molar-refractivity contribution < 1.29 is 28.5 Å². The monoisotopic (exact) mass is 373 g/mol. The Morgan fingerprint density at radius 2 is 1.81 bits per heavy atom. The van der Waals surface area contributed by atoms with Gasteiger partial charge in [-0.3, -0.25) is 4.79 Å². The summed E-state index contributed by atoms with van der Waals surface area (Å²) in [5.74, 6) is 0.471. The third-order valence-corrected chi connectivity index (χ3v) is 3.66. The molecule has 0 spiro atoms. The Labute approximate surface area is 158 Å². The smallest absolute Gasteiger partial charge is 0.347 e.